The molecule has 0 saturated heterocycles. The van der Waals surface area contributed by atoms with Crippen LogP contribution in [0.5, 0.6) is 11.5 Å². The summed E-state index contributed by atoms with van der Waals surface area (Å²) in [7, 11) is 0. The van der Waals surface area contributed by atoms with Gasteiger partial charge in [-0.3, -0.25) is 4.79 Å². The van der Waals surface area contributed by atoms with Gasteiger partial charge in [-0.1, -0.05) is 28.1 Å². The first kappa shape index (κ1) is 18.3. The van der Waals surface area contributed by atoms with Gasteiger partial charge < -0.3 is 20.2 Å². The third kappa shape index (κ3) is 4.27. The van der Waals surface area contributed by atoms with Crippen molar-refractivity contribution in [3.63, 3.8) is 0 Å². The van der Waals surface area contributed by atoms with E-state index >= 15 is 0 Å². The van der Waals surface area contributed by atoms with Gasteiger partial charge in [-0.25, -0.2) is 0 Å². The number of rotatable bonds is 5. The minimum atomic E-state index is -0.977. The quantitative estimate of drug-likeness (QED) is 0.679. The zero-order valence-corrected chi connectivity index (χ0v) is 15.1. The molecule has 5 nitrogen and oxygen atoms in total. The van der Waals surface area contributed by atoms with Crippen LogP contribution in [0.25, 0.3) is 0 Å². The highest BCUT2D eigenvalue weighted by Gasteiger charge is 2.23. The number of hydrogen-bond acceptors (Lipinski definition) is 4. The number of carbonyl (C=O) groups is 1. The van der Waals surface area contributed by atoms with Crippen LogP contribution in [0.3, 0.4) is 0 Å². The second-order valence-electron chi connectivity index (χ2n) is 5.83. The van der Waals surface area contributed by atoms with Gasteiger partial charge in [-0.05, 0) is 49.7 Å². The predicted molar refractivity (Wildman–Crippen MR) is 95.0 cm³/mol. The molecule has 0 spiro atoms. The Morgan fingerprint density at radius 1 is 1.12 bits per heavy atom. The molecule has 3 N–H and O–H groups in total. The third-order valence-electron chi connectivity index (χ3n) is 3.71. The lowest BCUT2D eigenvalue weighted by Crippen LogP contribution is -2.40. The fraction of sp³-hybridized carbons (Fsp3) is 0.278. The molecule has 0 bridgehead atoms. The highest BCUT2D eigenvalue weighted by Crippen LogP contribution is 2.28. The Morgan fingerprint density at radius 2 is 1.83 bits per heavy atom. The number of aliphatic hydroxyl groups excluding tert-OH is 1. The Hall–Kier alpha value is -2.05. The standard InChI is InChI=1S/C18H20BrNO4/c1-11(2)20(18(24)13-4-3-5-14(19)8-13)10-17(23)12-6-7-15(21)16(22)9-12/h3-9,11,17,21-23H,10H2,1-2H3. The lowest BCUT2D eigenvalue weighted by molar-refractivity contribution is 0.0549. The molecule has 2 aromatic carbocycles. The van der Waals surface area contributed by atoms with E-state index in [0.717, 1.165) is 4.47 Å². The number of halogens is 1. The molecule has 2 rings (SSSR count). The van der Waals surface area contributed by atoms with E-state index in [1.54, 1.807) is 23.1 Å². The lowest BCUT2D eigenvalue weighted by Gasteiger charge is -2.29. The van der Waals surface area contributed by atoms with Crippen LogP contribution in [0.15, 0.2) is 46.9 Å². The van der Waals surface area contributed by atoms with E-state index in [9.17, 15) is 20.1 Å². The van der Waals surface area contributed by atoms with Crippen LogP contribution < -0.4 is 0 Å². The fourth-order valence-corrected chi connectivity index (χ4v) is 2.75. The Kier molecular flexibility index (Phi) is 5.85. The van der Waals surface area contributed by atoms with Crippen molar-refractivity contribution in [3.05, 3.63) is 58.1 Å². The fourth-order valence-electron chi connectivity index (χ4n) is 2.36. The van der Waals surface area contributed by atoms with Crippen LogP contribution in [0.4, 0.5) is 0 Å². The van der Waals surface area contributed by atoms with Crippen LogP contribution in [0, 0.1) is 0 Å². The second kappa shape index (κ2) is 7.68. The molecule has 1 amide bonds. The predicted octanol–water partition coefficient (Wildman–Crippen LogP) is 3.44. The van der Waals surface area contributed by atoms with E-state index in [2.05, 4.69) is 15.9 Å². The molecule has 0 aliphatic heterocycles. The topological polar surface area (TPSA) is 81.0 Å². The van der Waals surface area contributed by atoms with Gasteiger partial charge in [0.2, 0.25) is 0 Å². The number of phenols is 2. The molecule has 6 heteroatoms. The Balaban J connectivity index is 2.21. The Morgan fingerprint density at radius 3 is 2.42 bits per heavy atom. The van der Waals surface area contributed by atoms with E-state index in [0.29, 0.717) is 11.1 Å². The molecule has 1 atom stereocenters. The number of amides is 1. The van der Waals surface area contributed by atoms with Crippen LogP contribution in [0.2, 0.25) is 0 Å². The molecule has 0 radical (unpaired) electrons. The van der Waals surface area contributed by atoms with Crippen molar-refractivity contribution in [1.29, 1.82) is 0 Å². The van der Waals surface area contributed by atoms with Crippen molar-refractivity contribution in [3.8, 4) is 11.5 Å². The third-order valence-corrected chi connectivity index (χ3v) is 4.20. The van der Waals surface area contributed by atoms with E-state index in [4.69, 9.17) is 0 Å². The largest absolute Gasteiger partial charge is 0.504 e. The van der Waals surface area contributed by atoms with E-state index in [1.165, 1.54) is 18.2 Å². The normalized spacial score (nSPS) is 12.2. The number of nitrogens with zero attached hydrogens (tertiary/aromatic N) is 1. The lowest BCUT2D eigenvalue weighted by atomic mass is 10.1. The average Bonchev–Trinajstić information content (AvgIpc) is 2.54. The maximum Gasteiger partial charge on any atom is 0.254 e. The summed E-state index contributed by atoms with van der Waals surface area (Å²) in [6.45, 7) is 3.82. The summed E-state index contributed by atoms with van der Waals surface area (Å²) in [5.74, 6) is -0.744. The molecule has 0 aromatic heterocycles. The van der Waals surface area contributed by atoms with E-state index in [1.807, 2.05) is 19.9 Å². The summed E-state index contributed by atoms with van der Waals surface area (Å²) >= 11 is 3.35. The SMILES string of the molecule is CC(C)N(CC(O)c1ccc(O)c(O)c1)C(=O)c1cccc(Br)c1. The van der Waals surface area contributed by atoms with Crippen molar-refractivity contribution in [2.24, 2.45) is 0 Å². The highest BCUT2D eigenvalue weighted by molar-refractivity contribution is 9.10. The van der Waals surface area contributed by atoms with Crippen LogP contribution in [-0.2, 0) is 0 Å². The molecule has 24 heavy (non-hydrogen) atoms. The molecular formula is C18H20BrNO4. The van der Waals surface area contributed by atoms with Gasteiger partial charge >= 0.3 is 0 Å². The summed E-state index contributed by atoms with van der Waals surface area (Å²) in [4.78, 5) is 14.3. The van der Waals surface area contributed by atoms with E-state index in [-0.39, 0.29) is 30.0 Å². The Bertz CT molecular complexity index is 733. The van der Waals surface area contributed by atoms with Gasteiger partial charge in [0.1, 0.15) is 0 Å². The van der Waals surface area contributed by atoms with Crippen molar-refractivity contribution in [1.82, 2.24) is 4.90 Å². The molecule has 0 aliphatic carbocycles. The number of phenolic OH excluding ortho intramolecular Hbond substituents is 2. The monoisotopic (exact) mass is 393 g/mol. The highest BCUT2D eigenvalue weighted by atomic mass is 79.9. The molecule has 128 valence electrons. The summed E-state index contributed by atoms with van der Waals surface area (Å²) in [5.41, 5.74) is 0.955. The van der Waals surface area contributed by atoms with Gasteiger partial charge in [0.05, 0.1) is 12.6 Å². The first-order valence-electron chi connectivity index (χ1n) is 7.56. The molecule has 0 aliphatic rings. The molecule has 2 aromatic rings. The molecule has 0 fully saturated rings. The number of aliphatic hydroxyl groups is 1. The zero-order valence-electron chi connectivity index (χ0n) is 13.5. The minimum absolute atomic E-state index is 0.0766. The van der Waals surface area contributed by atoms with Gasteiger partial charge in [-0.2, -0.15) is 0 Å². The number of carbonyl (C=O) groups excluding carboxylic acids is 1. The number of benzene rings is 2. The number of hydrogen-bond donors (Lipinski definition) is 3. The van der Waals surface area contributed by atoms with Crippen LogP contribution >= 0.6 is 15.9 Å². The van der Waals surface area contributed by atoms with Crippen molar-refractivity contribution in [2.45, 2.75) is 26.0 Å². The first-order valence-corrected chi connectivity index (χ1v) is 8.35. The van der Waals surface area contributed by atoms with Gasteiger partial charge in [0.25, 0.3) is 5.91 Å². The summed E-state index contributed by atoms with van der Waals surface area (Å²) < 4.78 is 0.807. The van der Waals surface area contributed by atoms with E-state index < -0.39 is 6.10 Å². The second-order valence-corrected chi connectivity index (χ2v) is 6.74. The smallest absolute Gasteiger partial charge is 0.254 e. The van der Waals surface area contributed by atoms with Gasteiger partial charge in [-0.15, -0.1) is 0 Å². The average molecular weight is 394 g/mol. The summed E-state index contributed by atoms with van der Waals surface area (Å²) in [6, 6.07) is 11.1. The summed E-state index contributed by atoms with van der Waals surface area (Å²) in [5, 5.41) is 29.3. The van der Waals surface area contributed by atoms with Crippen molar-refractivity contribution < 1.29 is 20.1 Å². The number of aromatic hydroxyl groups is 2. The Labute approximate surface area is 149 Å². The first-order chi connectivity index (χ1) is 11.3. The summed E-state index contributed by atoms with van der Waals surface area (Å²) in [6.07, 6.45) is -0.977. The van der Waals surface area contributed by atoms with Crippen molar-refractivity contribution >= 4 is 21.8 Å². The maximum atomic E-state index is 12.7. The van der Waals surface area contributed by atoms with Gasteiger partial charge in [0.15, 0.2) is 11.5 Å². The minimum Gasteiger partial charge on any atom is -0.504 e. The maximum absolute atomic E-state index is 12.7. The molecule has 1 unspecified atom stereocenters. The zero-order chi connectivity index (χ0) is 17.9. The molecule has 0 saturated carbocycles. The van der Waals surface area contributed by atoms with Crippen molar-refractivity contribution in [2.75, 3.05) is 6.54 Å². The van der Waals surface area contributed by atoms with Crippen LogP contribution in [0.1, 0.15) is 35.9 Å². The van der Waals surface area contributed by atoms with Crippen LogP contribution in [-0.4, -0.2) is 38.7 Å². The molecular weight excluding hydrogens is 374 g/mol. The molecule has 0 heterocycles. The van der Waals surface area contributed by atoms with Gasteiger partial charge in [0, 0.05) is 16.1 Å².